The van der Waals surface area contributed by atoms with Gasteiger partial charge in [-0.25, -0.2) is 18.2 Å². The van der Waals surface area contributed by atoms with E-state index in [0.29, 0.717) is 18.1 Å². The van der Waals surface area contributed by atoms with Crippen LogP contribution in [-0.4, -0.2) is 53.5 Å². The van der Waals surface area contributed by atoms with Crippen molar-refractivity contribution < 1.29 is 18.0 Å². The van der Waals surface area contributed by atoms with Crippen molar-refractivity contribution in [1.82, 2.24) is 19.9 Å². The van der Waals surface area contributed by atoms with E-state index in [4.69, 9.17) is 0 Å². The van der Waals surface area contributed by atoms with Crippen LogP contribution in [0.1, 0.15) is 53.4 Å². The van der Waals surface area contributed by atoms with E-state index in [2.05, 4.69) is 15.6 Å². The fourth-order valence-electron chi connectivity index (χ4n) is 2.84. The predicted molar refractivity (Wildman–Crippen MR) is 113 cm³/mol. The van der Waals surface area contributed by atoms with Crippen LogP contribution in [0.5, 0.6) is 0 Å². The third-order valence-corrected chi connectivity index (χ3v) is 7.24. The first-order valence-electron chi connectivity index (χ1n) is 9.75. The highest BCUT2D eigenvalue weighted by molar-refractivity contribution is 8.00. The van der Waals surface area contributed by atoms with E-state index in [1.165, 1.54) is 16.6 Å². The van der Waals surface area contributed by atoms with Gasteiger partial charge >= 0.3 is 6.03 Å². The molecule has 3 amide bonds. The predicted octanol–water partition coefficient (Wildman–Crippen LogP) is 2.75. The van der Waals surface area contributed by atoms with Crippen LogP contribution in [0.15, 0.2) is 28.3 Å². The minimum atomic E-state index is -3.55. The number of sulfonamides is 1. The molecule has 0 bridgehead atoms. The van der Waals surface area contributed by atoms with Crippen LogP contribution in [0.25, 0.3) is 0 Å². The van der Waals surface area contributed by atoms with Crippen molar-refractivity contribution in [3.05, 3.63) is 18.3 Å². The van der Waals surface area contributed by atoms with Gasteiger partial charge in [-0.05, 0) is 52.7 Å². The lowest BCUT2D eigenvalue weighted by Gasteiger charge is -2.21. The van der Waals surface area contributed by atoms with Crippen LogP contribution in [0.3, 0.4) is 0 Å². The average molecular weight is 443 g/mol. The molecule has 1 aliphatic rings. The maximum Gasteiger partial charge on any atom is 0.321 e. The van der Waals surface area contributed by atoms with Gasteiger partial charge < -0.3 is 5.32 Å². The summed E-state index contributed by atoms with van der Waals surface area (Å²) in [6.07, 6.45) is 5.17. The summed E-state index contributed by atoms with van der Waals surface area (Å²) in [6.45, 7) is 8.19. The van der Waals surface area contributed by atoms with Crippen molar-refractivity contribution in [1.29, 1.82) is 0 Å². The average Bonchev–Trinajstić information content (AvgIpc) is 2.90. The lowest BCUT2D eigenvalue weighted by Crippen LogP contribution is -2.49. The number of hydrogen-bond donors (Lipinski definition) is 2. The summed E-state index contributed by atoms with van der Waals surface area (Å²) >= 11 is 1.16. The van der Waals surface area contributed by atoms with Gasteiger partial charge in [-0.1, -0.05) is 24.6 Å². The van der Waals surface area contributed by atoms with Gasteiger partial charge in [0.25, 0.3) is 0 Å². The Morgan fingerprint density at radius 1 is 1.14 bits per heavy atom. The van der Waals surface area contributed by atoms with E-state index in [9.17, 15) is 18.0 Å². The highest BCUT2D eigenvalue weighted by Crippen LogP contribution is 2.24. The normalized spacial score (nSPS) is 17.2. The highest BCUT2D eigenvalue weighted by atomic mass is 32.2. The Morgan fingerprint density at radius 2 is 1.76 bits per heavy atom. The van der Waals surface area contributed by atoms with Crippen molar-refractivity contribution in [2.75, 3.05) is 13.1 Å². The minimum Gasteiger partial charge on any atom is -0.333 e. The molecule has 0 radical (unpaired) electrons. The molecule has 2 rings (SSSR count). The molecule has 1 aromatic heterocycles. The number of carbonyl (C=O) groups is 2. The molecule has 1 saturated heterocycles. The Balaban J connectivity index is 1.97. The molecule has 2 N–H and O–H groups in total. The van der Waals surface area contributed by atoms with Gasteiger partial charge in [-0.3, -0.25) is 10.1 Å². The zero-order valence-corrected chi connectivity index (χ0v) is 19.0. The molecule has 162 valence electrons. The largest absolute Gasteiger partial charge is 0.333 e. The molecule has 0 spiro atoms. The smallest absolute Gasteiger partial charge is 0.321 e. The van der Waals surface area contributed by atoms with E-state index in [0.717, 1.165) is 37.4 Å². The maximum atomic E-state index is 12.8. The van der Waals surface area contributed by atoms with E-state index in [1.54, 1.807) is 13.0 Å². The monoisotopic (exact) mass is 442 g/mol. The molecule has 1 atom stereocenters. The van der Waals surface area contributed by atoms with Crippen molar-refractivity contribution >= 4 is 33.7 Å². The van der Waals surface area contributed by atoms with Crippen molar-refractivity contribution in [3.63, 3.8) is 0 Å². The molecule has 0 aliphatic carbocycles. The van der Waals surface area contributed by atoms with E-state index in [1.807, 2.05) is 20.8 Å². The van der Waals surface area contributed by atoms with Crippen molar-refractivity contribution in [3.8, 4) is 0 Å². The van der Waals surface area contributed by atoms with Crippen LogP contribution < -0.4 is 10.6 Å². The highest BCUT2D eigenvalue weighted by Gasteiger charge is 2.26. The van der Waals surface area contributed by atoms with Crippen molar-refractivity contribution in [2.24, 2.45) is 0 Å². The van der Waals surface area contributed by atoms with Crippen LogP contribution >= 0.6 is 11.8 Å². The Labute approximate surface area is 177 Å². The number of thioether (sulfide) groups is 1. The number of pyridine rings is 1. The van der Waals surface area contributed by atoms with Crippen molar-refractivity contribution in [2.45, 2.75) is 74.1 Å². The van der Waals surface area contributed by atoms with Gasteiger partial charge in [0.1, 0.15) is 4.90 Å². The number of hydrogen-bond acceptors (Lipinski definition) is 6. The van der Waals surface area contributed by atoms with Gasteiger partial charge in [-0.15, -0.1) is 0 Å². The molecule has 0 saturated carbocycles. The molecule has 1 aliphatic heterocycles. The van der Waals surface area contributed by atoms with Crippen LogP contribution in [-0.2, 0) is 14.8 Å². The van der Waals surface area contributed by atoms with E-state index >= 15 is 0 Å². The quantitative estimate of drug-likeness (QED) is 0.679. The second kappa shape index (κ2) is 9.90. The Kier molecular flexibility index (Phi) is 8.07. The number of nitrogens with zero attached hydrogens (tertiary/aromatic N) is 2. The Bertz CT molecular complexity index is 812. The van der Waals surface area contributed by atoms with Crippen LogP contribution in [0.2, 0.25) is 0 Å². The summed E-state index contributed by atoms with van der Waals surface area (Å²) in [5.41, 5.74) is -0.447. The summed E-state index contributed by atoms with van der Waals surface area (Å²) in [6, 6.07) is 2.56. The maximum absolute atomic E-state index is 12.8. The van der Waals surface area contributed by atoms with E-state index < -0.39 is 32.8 Å². The van der Waals surface area contributed by atoms with Crippen LogP contribution in [0, 0.1) is 0 Å². The summed E-state index contributed by atoms with van der Waals surface area (Å²) in [5.74, 6) is -0.445. The summed E-state index contributed by atoms with van der Waals surface area (Å²) in [5, 5.41) is 4.91. The number of rotatable bonds is 5. The van der Waals surface area contributed by atoms with E-state index in [-0.39, 0.29) is 4.90 Å². The zero-order valence-electron chi connectivity index (χ0n) is 17.4. The zero-order chi connectivity index (χ0) is 21.7. The number of aromatic nitrogens is 1. The lowest BCUT2D eigenvalue weighted by molar-refractivity contribution is -0.119. The summed E-state index contributed by atoms with van der Waals surface area (Å²) in [4.78, 5) is 28.4. The lowest BCUT2D eigenvalue weighted by atomic mass is 10.1. The topological polar surface area (TPSA) is 108 Å². The fourth-order valence-corrected chi connectivity index (χ4v) is 5.09. The molecule has 2 heterocycles. The molecule has 0 unspecified atom stereocenters. The molecule has 10 heteroatoms. The van der Waals surface area contributed by atoms with Crippen LogP contribution in [0.4, 0.5) is 4.79 Å². The summed E-state index contributed by atoms with van der Waals surface area (Å²) in [7, 11) is -3.55. The number of carbonyl (C=O) groups excluding carboxylic acids is 2. The first-order chi connectivity index (χ1) is 13.5. The second-order valence-electron chi connectivity index (χ2n) is 8.10. The molecule has 8 nitrogen and oxygen atoms in total. The molecular formula is C19H30N4O4S2. The van der Waals surface area contributed by atoms with Gasteiger partial charge in [0.15, 0.2) is 0 Å². The molecule has 29 heavy (non-hydrogen) atoms. The molecular weight excluding hydrogens is 412 g/mol. The third kappa shape index (κ3) is 7.27. The minimum absolute atomic E-state index is 0.158. The number of nitrogens with one attached hydrogen (secondary N) is 2. The first-order valence-corrected chi connectivity index (χ1v) is 12.1. The standard InChI is InChI=1S/C19H30N4O4S2/c1-14(17(24)21-18(25)22-19(2,3)4)28-16-10-9-15(13-20-16)29(26,27)23-11-7-5-6-8-12-23/h9-10,13-14H,5-8,11-12H2,1-4H3,(H2,21,22,24,25)/t14-/m0/s1. The number of imide groups is 1. The third-order valence-electron chi connectivity index (χ3n) is 4.30. The first kappa shape index (κ1) is 23.6. The fraction of sp³-hybridized carbons (Fsp3) is 0.632. The van der Waals surface area contributed by atoms with Gasteiger partial charge in [0, 0.05) is 24.8 Å². The molecule has 1 aromatic rings. The number of amides is 3. The molecule has 1 fully saturated rings. The van der Waals surface area contributed by atoms with Gasteiger partial charge in [0.2, 0.25) is 15.9 Å². The summed E-state index contributed by atoms with van der Waals surface area (Å²) < 4.78 is 27.1. The van der Waals surface area contributed by atoms with Gasteiger partial charge in [0.05, 0.1) is 10.3 Å². The molecule has 0 aromatic carbocycles. The second-order valence-corrected chi connectivity index (χ2v) is 11.4. The number of urea groups is 1. The Morgan fingerprint density at radius 3 is 2.28 bits per heavy atom. The SMILES string of the molecule is C[C@H](Sc1ccc(S(=O)(=O)N2CCCCCC2)cn1)C(=O)NC(=O)NC(C)(C)C. The Hall–Kier alpha value is -1.65. The van der Waals surface area contributed by atoms with Gasteiger partial charge in [-0.2, -0.15) is 4.31 Å².